The number of nitriles is 1. The SMILES string of the molecule is CC(C#N)CNC(C)c1ccc(Cl)c(Cl)c1Cl. The lowest BCUT2D eigenvalue weighted by Gasteiger charge is -2.17. The van der Waals surface area contributed by atoms with Crippen molar-refractivity contribution >= 4 is 34.8 Å². The molecule has 0 saturated carbocycles. The van der Waals surface area contributed by atoms with Gasteiger partial charge in [-0.2, -0.15) is 5.26 Å². The fourth-order valence-electron chi connectivity index (χ4n) is 1.38. The highest BCUT2D eigenvalue weighted by Gasteiger charge is 2.14. The lowest BCUT2D eigenvalue weighted by Crippen LogP contribution is -2.24. The van der Waals surface area contributed by atoms with Crippen LogP contribution in [-0.4, -0.2) is 6.54 Å². The van der Waals surface area contributed by atoms with Crippen LogP contribution in [-0.2, 0) is 0 Å². The molecule has 0 spiro atoms. The van der Waals surface area contributed by atoms with Gasteiger partial charge in [0.2, 0.25) is 0 Å². The topological polar surface area (TPSA) is 35.8 Å². The van der Waals surface area contributed by atoms with Crippen molar-refractivity contribution in [3.05, 3.63) is 32.8 Å². The Balaban J connectivity index is 2.80. The summed E-state index contributed by atoms with van der Waals surface area (Å²) in [6.45, 7) is 4.43. The van der Waals surface area contributed by atoms with Crippen molar-refractivity contribution < 1.29 is 0 Å². The minimum atomic E-state index is -0.0426. The van der Waals surface area contributed by atoms with Gasteiger partial charge in [0.1, 0.15) is 0 Å². The maximum absolute atomic E-state index is 8.70. The molecule has 0 fully saturated rings. The van der Waals surface area contributed by atoms with Crippen molar-refractivity contribution in [2.24, 2.45) is 5.92 Å². The van der Waals surface area contributed by atoms with E-state index in [-0.39, 0.29) is 12.0 Å². The van der Waals surface area contributed by atoms with Crippen molar-refractivity contribution in [1.29, 1.82) is 5.26 Å². The Morgan fingerprint density at radius 1 is 1.24 bits per heavy atom. The molecule has 0 heterocycles. The van der Waals surface area contributed by atoms with Crippen LogP contribution >= 0.6 is 34.8 Å². The summed E-state index contributed by atoms with van der Waals surface area (Å²) < 4.78 is 0. The highest BCUT2D eigenvalue weighted by Crippen LogP contribution is 2.35. The molecule has 0 aromatic heterocycles. The maximum atomic E-state index is 8.70. The molecule has 92 valence electrons. The van der Waals surface area contributed by atoms with E-state index in [1.165, 1.54) is 0 Å². The molecule has 2 nitrogen and oxygen atoms in total. The normalized spacial score (nSPS) is 14.1. The predicted octanol–water partition coefficient (Wildman–Crippen LogP) is 4.46. The van der Waals surface area contributed by atoms with Gasteiger partial charge in [-0.15, -0.1) is 0 Å². The fraction of sp³-hybridized carbons (Fsp3) is 0.417. The maximum Gasteiger partial charge on any atom is 0.0781 e. The Morgan fingerprint density at radius 3 is 2.47 bits per heavy atom. The van der Waals surface area contributed by atoms with Gasteiger partial charge in [-0.3, -0.25) is 0 Å². The number of rotatable bonds is 4. The summed E-state index contributed by atoms with van der Waals surface area (Å²) in [5, 5.41) is 13.2. The molecule has 17 heavy (non-hydrogen) atoms. The summed E-state index contributed by atoms with van der Waals surface area (Å²) >= 11 is 18.0. The number of hydrogen-bond donors (Lipinski definition) is 1. The zero-order chi connectivity index (χ0) is 13.0. The van der Waals surface area contributed by atoms with Gasteiger partial charge in [0.05, 0.1) is 27.1 Å². The van der Waals surface area contributed by atoms with Crippen LogP contribution < -0.4 is 5.32 Å². The van der Waals surface area contributed by atoms with Gasteiger partial charge in [-0.1, -0.05) is 40.9 Å². The quantitative estimate of drug-likeness (QED) is 0.832. The van der Waals surface area contributed by atoms with Gasteiger partial charge >= 0.3 is 0 Å². The van der Waals surface area contributed by atoms with Gasteiger partial charge in [-0.05, 0) is 25.5 Å². The molecule has 2 unspecified atom stereocenters. The summed E-state index contributed by atoms with van der Waals surface area (Å²) in [6.07, 6.45) is 0. The number of nitrogens with zero attached hydrogens (tertiary/aromatic N) is 1. The van der Waals surface area contributed by atoms with Gasteiger partial charge in [0.15, 0.2) is 0 Å². The van der Waals surface area contributed by atoms with Crippen molar-refractivity contribution in [2.75, 3.05) is 6.54 Å². The number of nitrogens with one attached hydrogen (secondary N) is 1. The molecular formula is C12H13Cl3N2. The molecule has 0 aliphatic rings. The van der Waals surface area contributed by atoms with E-state index in [0.29, 0.717) is 21.6 Å². The monoisotopic (exact) mass is 290 g/mol. The smallest absolute Gasteiger partial charge is 0.0781 e. The molecule has 0 bridgehead atoms. The second kappa shape index (κ2) is 6.47. The predicted molar refractivity (Wildman–Crippen MR) is 72.7 cm³/mol. The largest absolute Gasteiger partial charge is 0.309 e. The first-order valence-corrected chi connectivity index (χ1v) is 6.37. The van der Waals surface area contributed by atoms with Crippen LogP contribution in [0.3, 0.4) is 0 Å². The number of halogens is 3. The van der Waals surface area contributed by atoms with E-state index in [0.717, 1.165) is 5.56 Å². The van der Waals surface area contributed by atoms with Crippen molar-refractivity contribution in [2.45, 2.75) is 19.9 Å². The zero-order valence-corrected chi connectivity index (χ0v) is 11.9. The van der Waals surface area contributed by atoms with E-state index in [1.807, 2.05) is 19.9 Å². The molecule has 0 saturated heterocycles. The summed E-state index contributed by atoms with van der Waals surface area (Å²) in [5.41, 5.74) is 0.881. The van der Waals surface area contributed by atoms with Gasteiger partial charge in [0, 0.05) is 12.6 Å². The van der Waals surface area contributed by atoms with E-state index in [2.05, 4.69) is 11.4 Å². The number of benzene rings is 1. The van der Waals surface area contributed by atoms with Crippen LogP contribution in [0.15, 0.2) is 12.1 Å². The van der Waals surface area contributed by atoms with Crippen LogP contribution in [0.1, 0.15) is 25.5 Å². The molecule has 1 aromatic carbocycles. The van der Waals surface area contributed by atoms with Crippen molar-refractivity contribution in [3.63, 3.8) is 0 Å². The molecule has 0 aliphatic heterocycles. The number of hydrogen-bond acceptors (Lipinski definition) is 2. The molecule has 2 atom stereocenters. The van der Waals surface area contributed by atoms with E-state index in [1.54, 1.807) is 6.07 Å². The van der Waals surface area contributed by atoms with E-state index < -0.39 is 0 Å². The Kier molecular flexibility index (Phi) is 5.55. The highest BCUT2D eigenvalue weighted by molar-refractivity contribution is 6.48. The standard InChI is InChI=1S/C12H13Cl3N2/c1-7(5-16)6-17-8(2)9-3-4-10(13)12(15)11(9)14/h3-4,7-8,17H,6H2,1-2H3. The molecule has 0 amide bonds. The highest BCUT2D eigenvalue weighted by atomic mass is 35.5. The molecule has 1 aromatic rings. The first kappa shape index (κ1) is 14.6. The molecule has 0 aliphatic carbocycles. The second-order valence-corrected chi connectivity index (χ2v) is 5.09. The third kappa shape index (κ3) is 3.76. The van der Waals surface area contributed by atoms with Crippen molar-refractivity contribution in [1.82, 2.24) is 5.32 Å². The Bertz CT molecular complexity index is 440. The summed E-state index contributed by atoms with van der Waals surface area (Å²) in [5.74, 6) is -0.0426. The summed E-state index contributed by atoms with van der Waals surface area (Å²) in [7, 11) is 0. The van der Waals surface area contributed by atoms with Gasteiger partial charge < -0.3 is 5.32 Å². The second-order valence-electron chi connectivity index (χ2n) is 3.92. The van der Waals surface area contributed by atoms with E-state index in [4.69, 9.17) is 40.1 Å². The van der Waals surface area contributed by atoms with E-state index in [9.17, 15) is 0 Å². The van der Waals surface area contributed by atoms with Gasteiger partial charge in [-0.25, -0.2) is 0 Å². The van der Waals surface area contributed by atoms with Crippen LogP contribution in [0.5, 0.6) is 0 Å². The average molecular weight is 292 g/mol. The zero-order valence-electron chi connectivity index (χ0n) is 9.60. The van der Waals surface area contributed by atoms with Crippen molar-refractivity contribution in [3.8, 4) is 6.07 Å². The first-order chi connectivity index (χ1) is 7.97. The average Bonchev–Trinajstić information content (AvgIpc) is 2.32. The molecule has 1 rings (SSSR count). The van der Waals surface area contributed by atoms with Gasteiger partial charge in [0.25, 0.3) is 0 Å². The third-order valence-electron chi connectivity index (χ3n) is 2.48. The molecule has 5 heteroatoms. The lowest BCUT2D eigenvalue weighted by molar-refractivity contribution is 0.528. The minimum absolute atomic E-state index is 0.0214. The molecular weight excluding hydrogens is 279 g/mol. The minimum Gasteiger partial charge on any atom is -0.309 e. The van der Waals surface area contributed by atoms with Crippen LogP contribution in [0.4, 0.5) is 0 Å². The Labute approximate surface area is 116 Å². The Morgan fingerprint density at radius 2 is 1.88 bits per heavy atom. The van der Waals surface area contributed by atoms with Crippen LogP contribution in [0.25, 0.3) is 0 Å². The Hall–Kier alpha value is -0.460. The van der Waals surface area contributed by atoms with Crippen LogP contribution in [0.2, 0.25) is 15.1 Å². The van der Waals surface area contributed by atoms with Crippen LogP contribution in [0, 0.1) is 17.2 Å². The third-order valence-corrected chi connectivity index (χ3v) is 3.79. The first-order valence-electron chi connectivity index (χ1n) is 5.23. The molecule has 0 radical (unpaired) electrons. The summed E-state index contributed by atoms with van der Waals surface area (Å²) in [6, 6.07) is 5.74. The molecule has 1 N–H and O–H groups in total. The lowest BCUT2D eigenvalue weighted by atomic mass is 10.1. The fourth-order valence-corrected chi connectivity index (χ4v) is 2.09. The summed E-state index contributed by atoms with van der Waals surface area (Å²) in [4.78, 5) is 0. The van der Waals surface area contributed by atoms with E-state index >= 15 is 0 Å².